The largest absolute Gasteiger partial charge is 0.314 e. The highest BCUT2D eigenvalue weighted by atomic mass is 32.2. The number of rotatable bonds is 7. The van der Waals surface area contributed by atoms with Crippen LogP contribution in [0.4, 0.5) is 0 Å². The maximum atomic E-state index is 11.7. The van der Waals surface area contributed by atoms with Crippen molar-refractivity contribution in [3.63, 3.8) is 0 Å². The first-order valence-electron chi connectivity index (χ1n) is 6.84. The summed E-state index contributed by atoms with van der Waals surface area (Å²) in [6, 6.07) is 0.596. The molecule has 0 saturated heterocycles. The van der Waals surface area contributed by atoms with Crippen molar-refractivity contribution in [2.75, 3.05) is 18.1 Å². The van der Waals surface area contributed by atoms with Crippen LogP contribution < -0.4 is 5.32 Å². The summed E-state index contributed by atoms with van der Waals surface area (Å²) in [5.74, 6) is 0.718. The van der Waals surface area contributed by atoms with Crippen molar-refractivity contribution < 1.29 is 8.42 Å². The van der Waals surface area contributed by atoms with Crippen LogP contribution in [0, 0.1) is 5.41 Å². The Morgan fingerprint density at radius 2 is 2.00 bits per heavy atom. The van der Waals surface area contributed by atoms with E-state index in [0.29, 0.717) is 17.5 Å². The summed E-state index contributed by atoms with van der Waals surface area (Å²) in [6.45, 7) is 7.30. The molecule has 2 atom stereocenters. The molecule has 4 heteroatoms. The van der Waals surface area contributed by atoms with Gasteiger partial charge in [-0.15, -0.1) is 0 Å². The molecule has 1 aliphatic rings. The molecule has 2 unspecified atom stereocenters. The van der Waals surface area contributed by atoms with E-state index in [0.717, 1.165) is 32.2 Å². The smallest absolute Gasteiger partial charge is 0.150 e. The molecule has 0 amide bonds. The molecule has 1 aliphatic carbocycles. The zero-order valence-corrected chi connectivity index (χ0v) is 12.3. The van der Waals surface area contributed by atoms with Crippen LogP contribution in [-0.2, 0) is 9.84 Å². The van der Waals surface area contributed by atoms with E-state index in [1.165, 1.54) is 6.42 Å². The van der Waals surface area contributed by atoms with Crippen molar-refractivity contribution in [1.29, 1.82) is 0 Å². The van der Waals surface area contributed by atoms with E-state index in [2.05, 4.69) is 19.2 Å². The highest BCUT2D eigenvalue weighted by Gasteiger charge is 2.35. The second kappa shape index (κ2) is 6.19. The van der Waals surface area contributed by atoms with Gasteiger partial charge < -0.3 is 5.32 Å². The fourth-order valence-electron chi connectivity index (χ4n) is 2.83. The molecule has 1 N–H and O–H groups in total. The van der Waals surface area contributed by atoms with Gasteiger partial charge in [0, 0.05) is 11.8 Å². The number of hydrogen-bond acceptors (Lipinski definition) is 3. The van der Waals surface area contributed by atoms with Crippen LogP contribution in [0.15, 0.2) is 0 Å². The second-order valence-corrected chi connectivity index (χ2v) is 8.01. The van der Waals surface area contributed by atoms with Gasteiger partial charge in [0.25, 0.3) is 0 Å². The molecule has 0 aromatic heterocycles. The predicted molar refractivity (Wildman–Crippen MR) is 73.0 cm³/mol. The Morgan fingerprint density at radius 1 is 1.29 bits per heavy atom. The highest BCUT2D eigenvalue weighted by Crippen LogP contribution is 2.40. The molecule has 0 aliphatic heterocycles. The third-order valence-electron chi connectivity index (χ3n) is 3.86. The molecule has 0 heterocycles. The molecule has 0 aromatic carbocycles. The maximum Gasteiger partial charge on any atom is 0.150 e. The van der Waals surface area contributed by atoms with Crippen LogP contribution in [0.3, 0.4) is 0 Å². The minimum absolute atomic E-state index is 0.230. The Labute approximate surface area is 106 Å². The molecular weight excluding hydrogens is 234 g/mol. The lowest BCUT2D eigenvalue weighted by molar-refractivity contribution is 0.313. The molecule has 17 heavy (non-hydrogen) atoms. The van der Waals surface area contributed by atoms with E-state index in [9.17, 15) is 8.42 Å². The average Bonchev–Trinajstić information content (AvgIpc) is 2.59. The maximum absolute atomic E-state index is 11.7. The van der Waals surface area contributed by atoms with Gasteiger partial charge in [0.1, 0.15) is 9.84 Å². The Balaban J connectivity index is 2.42. The number of hydrogen-bond donors (Lipinski definition) is 1. The number of sulfone groups is 1. The topological polar surface area (TPSA) is 46.2 Å². The van der Waals surface area contributed by atoms with E-state index < -0.39 is 9.84 Å². The standard InChI is InChI=1S/C13H27NO2S/c1-4-9-17(15,16)10-8-13(3)7-6-12(11-13)14-5-2/h12,14H,4-11H2,1-3H3. The lowest BCUT2D eigenvalue weighted by Gasteiger charge is -2.24. The molecule has 0 spiro atoms. The summed E-state index contributed by atoms with van der Waals surface area (Å²) in [6.07, 6.45) is 5.04. The summed E-state index contributed by atoms with van der Waals surface area (Å²) in [4.78, 5) is 0. The third kappa shape index (κ3) is 4.96. The first-order chi connectivity index (χ1) is 7.91. The predicted octanol–water partition coefficient (Wildman–Crippen LogP) is 2.37. The monoisotopic (exact) mass is 261 g/mol. The highest BCUT2D eigenvalue weighted by molar-refractivity contribution is 7.91. The summed E-state index contributed by atoms with van der Waals surface area (Å²) >= 11 is 0. The van der Waals surface area contributed by atoms with Gasteiger partial charge >= 0.3 is 0 Å². The molecule has 1 fully saturated rings. The van der Waals surface area contributed by atoms with Crippen LogP contribution in [0.5, 0.6) is 0 Å². The van der Waals surface area contributed by atoms with Gasteiger partial charge in [0.05, 0.1) is 5.75 Å². The van der Waals surface area contributed by atoms with Gasteiger partial charge in [-0.25, -0.2) is 8.42 Å². The quantitative estimate of drug-likeness (QED) is 0.765. The van der Waals surface area contributed by atoms with E-state index in [1.807, 2.05) is 6.92 Å². The summed E-state index contributed by atoms with van der Waals surface area (Å²) in [5, 5.41) is 3.47. The molecule has 102 valence electrons. The Morgan fingerprint density at radius 3 is 2.59 bits per heavy atom. The Hall–Kier alpha value is -0.0900. The van der Waals surface area contributed by atoms with E-state index in [4.69, 9.17) is 0 Å². The minimum Gasteiger partial charge on any atom is -0.314 e. The van der Waals surface area contributed by atoms with Gasteiger partial charge in [0.15, 0.2) is 0 Å². The minimum atomic E-state index is -2.81. The van der Waals surface area contributed by atoms with E-state index in [-0.39, 0.29) is 5.41 Å². The molecular formula is C13H27NO2S. The third-order valence-corrected chi connectivity index (χ3v) is 5.72. The molecule has 1 saturated carbocycles. The number of nitrogens with one attached hydrogen (secondary N) is 1. The van der Waals surface area contributed by atoms with E-state index >= 15 is 0 Å². The summed E-state index contributed by atoms with van der Waals surface area (Å²) < 4.78 is 23.4. The van der Waals surface area contributed by atoms with Crippen molar-refractivity contribution in [2.24, 2.45) is 5.41 Å². The van der Waals surface area contributed by atoms with Crippen molar-refractivity contribution in [3.05, 3.63) is 0 Å². The molecule has 3 nitrogen and oxygen atoms in total. The molecule has 1 rings (SSSR count). The summed E-state index contributed by atoms with van der Waals surface area (Å²) in [7, 11) is -2.81. The average molecular weight is 261 g/mol. The lowest BCUT2D eigenvalue weighted by atomic mass is 9.86. The molecule has 0 aromatic rings. The zero-order valence-electron chi connectivity index (χ0n) is 11.5. The summed E-state index contributed by atoms with van der Waals surface area (Å²) in [5.41, 5.74) is 0.230. The van der Waals surface area contributed by atoms with Gasteiger partial charge in [-0.2, -0.15) is 0 Å². The van der Waals surface area contributed by atoms with Crippen LogP contribution in [0.25, 0.3) is 0 Å². The molecule has 0 bridgehead atoms. The van der Waals surface area contributed by atoms with Gasteiger partial charge in [0.2, 0.25) is 0 Å². The van der Waals surface area contributed by atoms with E-state index in [1.54, 1.807) is 0 Å². The van der Waals surface area contributed by atoms with Crippen molar-refractivity contribution in [3.8, 4) is 0 Å². The molecule has 0 radical (unpaired) electrons. The lowest BCUT2D eigenvalue weighted by Crippen LogP contribution is -2.28. The van der Waals surface area contributed by atoms with Gasteiger partial charge in [-0.3, -0.25) is 0 Å². The zero-order chi connectivity index (χ0) is 12.9. The van der Waals surface area contributed by atoms with Crippen molar-refractivity contribution >= 4 is 9.84 Å². The van der Waals surface area contributed by atoms with Crippen molar-refractivity contribution in [1.82, 2.24) is 5.32 Å². The second-order valence-electron chi connectivity index (χ2n) is 5.71. The van der Waals surface area contributed by atoms with Crippen molar-refractivity contribution in [2.45, 2.75) is 58.9 Å². The first kappa shape index (κ1) is 15.0. The van der Waals surface area contributed by atoms with Crippen LogP contribution in [-0.4, -0.2) is 32.5 Å². The van der Waals surface area contributed by atoms with Crippen LogP contribution in [0.2, 0.25) is 0 Å². The fourth-order valence-corrected chi connectivity index (χ4v) is 4.46. The van der Waals surface area contributed by atoms with Gasteiger partial charge in [-0.05, 0) is 44.1 Å². The first-order valence-corrected chi connectivity index (χ1v) is 8.67. The SMILES string of the molecule is CCCS(=O)(=O)CCC1(C)CCC(NCC)C1. The Kier molecular flexibility index (Phi) is 5.45. The van der Waals surface area contributed by atoms with Gasteiger partial charge in [-0.1, -0.05) is 20.8 Å². The Bertz CT molecular complexity index is 326. The van der Waals surface area contributed by atoms with Crippen LogP contribution >= 0.6 is 0 Å². The normalized spacial score (nSPS) is 29.7. The van der Waals surface area contributed by atoms with Crippen LogP contribution in [0.1, 0.15) is 52.9 Å². The fraction of sp³-hybridized carbons (Fsp3) is 1.00.